The van der Waals surface area contributed by atoms with Crippen LogP contribution in [0.1, 0.15) is 5.69 Å². The molecule has 0 saturated heterocycles. The van der Waals surface area contributed by atoms with E-state index < -0.39 is 0 Å². The van der Waals surface area contributed by atoms with Crippen molar-refractivity contribution in [3.63, 3.8) is 0 Å². The van der Waals surface area contributed by atoms with Gasteiger partial charge < -0.3 is 5.32 Å². The Kier molecular flexibility index (Phi) is 2.83. The van der Waals surface area contributed by atoms with E-state index in [4.69, 9.17) is 0 Å². The number of anilines is 1. The Morgan fingerprint density at radius 3 is 3.06 bits per heavy atom. The summed E-state index contributed by atoms with van der Waals surface area (Å²) in [5.74, 6) is 0.742. The highest BCUT2D eigenvalue weighted by Crippen LogP contribution is 2.09. The summed E-state index contributed by atoms with van der Waals surface area (Å²) in [7, 11) is 0. The molecule has 3 aromatic rings. The smallest absolute Gasteiger partial charge is 0.203 e. The highest BCUT2D eigenvalue weighted by Gasteiger charge is 2.03. The van der Waals surface area contributed by atoms with Gasteiger partial charge in [0, 0.05) is 37.3 Å². The van der Waals surface area contributed by atoms with Crippen molar-refractivity contribution < 1.29 is 0 Å². The van der Waals surface area contributed by atoms with Crippen LogP contribution in [0.15, 0.2) is 43.1 Å². The van der Waals surface area contributed by atoms with Gasteiger partial charge in [0.25, 0.3) is 0 Å². The third-order valence-electron chi connectivity index (χ3n) is 2.62. The Balaban J connectivity index is 1.68. The Labute approximate surface area is 104 Å². The molecule has 0 bridgehead atoms. The number of aromatic nitrogens is 5. The highest BCUT2D eigenvalue weighted by molar-refractivity contribution is 5.61. The fourth-order valence-corrected chi connectivity index (χ4v) is 1.74. The average Bonchev–Trinajstić information content (AvgIpc) is 2.89. The molecule has 0 unspecified atom stereocenters. The van der Waals surface area contributed by atoms with Crippen molar-refractivity contribution in [2.24, 2.45) is 0 Å². The summed E-state index contributed by atoms with van der Waals surface area (Å²) in [6.07, 6.45) is 7.84. The molecule has 3 rings (SSSR count). The Morgan fingerprint density at radius 2 is 2.17 bits per heavy atom. The summed E-state index contributed by atoms with van der Waals surface area (Å²) >= 11 is 0. The summed E-state index contributed by atoms with van der Waals surface area (Å²) in [5, 5.41) is 11.1. The fraction of sp³-hybridized carbons (Fsp3) is 0.167. The van der Waals surface area contributed by atoms with Gasteiger partial charge in [0.1, 0.15) is 6.33 Å². The van der Waals surface area contributed by atoms with Crippen LogP contribution in [0.5, 0.6) is 0 Å². The molecule has 0 saturated carbocycles. The number of nitrogens with zero attached hydrogens (tertiary/aromatic N) is 5. The van der Waals surface area contributed by atoms with E-state index >= 15 is 0 Å². The van der Waals surface area contributed by atoms with Crippen LogP contribution in [0.4, 0.5) is 5.82 Å². The minimum absolute atomic E-state index is 0.735. The maximum Gasteiger partial charge on any atom is 0.203 e. The van der Waals surface area contributed by atoms with Gasteiger partial charge in [-0.1, -0.05) is 6.07 Å². The number of hydrogen-bond donors (Lipinski definition) is 1. The molecule has 0 aromatic carbocycles. The third-order valence-corrected chi connectivity index (χ3v) is 2.62. The minimum atomic E-state index is 0.735. The second kappa shape index (κ2) is 4.79. The average molecular weight is 240 g/mol. The van der Waals surface area contributed by atoms with Crippen LogP contribution in [0.25, 0.3) is 5.65 Å². The predicted molar refractivity (Wildman–Crippen MR) is 67.2 cm³/mol. The largest absolute Gasteiger partial charge is 0.367 e. The van der Waals surface area contributed by atoms with Gasteiger partial charge in [-0.15, -0.1) is 10.2 Å². The zero-order valence-corrected chi connectivity index (χ0v) is 9.69. The van der Waals surface area contributed by atoms with Crippen LogP contribution in [0.3, 0.4) is 0 Å². The van der Waals surface area contributed by atoms with E-state index in [9.17, 15) is 0 Å². The third kappa shape index (κ3) is 2.13. The van der Waals surface area contributed by atoms with Gasteiger partial charge in [0.15, 0.2) is 5.82 Å². The van der Waals surface area contributed by atoms with Gasteiger partial charge in [-0.05, 0) is 12.1 Å². The molecule has 1 N–H and O–H groups in total. The quantitative estimate of drug-likeness (QED) is 0.741. The van der Waals surface area contributed by atoms with Crippen molar-refractivity contribution in [3.8, 4) is 0 Å². The highest BCUT2D eigenvalue weighted by atomic mass is 15.2. The number of rotatable bonds is 4. The van der Waals surface area contributed by atoms with E-state index in [0.29, 0.717) is 0 Å². The summed E-state index contributed by atoms with van der Waals surface area (Å²) in [5.41, 5.74) is 1.79. The van der Waals surface area contributed by atoms with E-state index in [2.05, 4.69) is 25.5 Å². The molecule has 3 heterocycles. The molecular formula is C12H12N6. The molecule has 6 heteroatoms. The molecule has 18 heavy (non-hydrogen) atoms. The maximum absolute atomic E-state index is 4.27. The van der Waals surface area contributed by atoms with E-state index in [1.165, 1.54) is 0 Å². The lowest BCUT2D eigenvalue weighted by Gasteiger charge is -2.05. The normalized spacial score (nSPS) is 10.7. The SMILES string of the molecule is c1ccc(CCNc2nccn3cnnc23)nc1. The van der Waals surface area contributed by atoms with Crippen molar-refractivity contribution in [1.82, 2.24) is 24.6 Å². The topological polar surface area (TPSA) is 68.0 Å². The molecular weight excluding hydrogens is 228 g/mol. The summed E-state index contributed by atoms with van der Waals surface area (Å²) in [4.78, 5) is 8.52. The van der Waals surface area contributed by atoms with E-state index in [-0.39, 0.29) is 0 Å². The summed E-state index contributed by atoms with van der Waals surface area (Å²) in [6.45, 7) is 0.760. The fourth-order valence-electron chi connectivity index (χ4n) is 1.74. The van der Waals surface area contributed by atoms with Crippen LogP contribution < -0.4 is 5.32 Å². The number of hydrogen-bond acceptors (Lipinski definition) is 5. The van der Waals surface area contributed by atoms with E-state index in [0.717, 1.165) is 30.1 Å². The van der Waals surface area contributed by atoms with Gasteiger partial charge in [-0.2, -0.15) is 0 Å². The van der Waals surface area contributed by atoms with E-state index in [1.54, 1.807) is 18.7 Å². The molecule has 3 aromatic heterocycles. The molecule has 6 nitrogen and oxygen atoms in total. The van der Waals surface area contributed by atoms with Gasteiger partial charge >= 0.3 is 0 Å². The second-order valence-corrected chi connectivity index (χ2v) is 3.84. The van der Waals surface area contributed by atoms with Crippen LogP contribution in [-0.2, 0) is 6.42 Å². The van der Waals surface area contributed by atoms with Crippen molar-refractivity contribution >= 4 is 11.5 Å². The number of pyridine rings is 1. The molecule has 0 aliphatic heterocycles. The second-order valence-electron chi connectivity index (χ2n) is 3.84. The lowest BCUT2D eigenvalue weighted by Crippen LogP contribution is -2.08. The molecule has 0 amide bonds. The Bertz CT molecular complexity index is 633. The molecule has 0 radical (unpaired) electrons. The number of fused-ring (bicyclic) bond motifs is 1. The predicted octanol–water partition coefficient (Wildman–Crippen LogP) is 1.17. The van der Waals surface area contributed by atoms with Crippen molar-refractivity contribution in [2.45, 2.75) is 6.42 Å². The lowest BCUT2D eigenvalue weighted by molar-refractivity contribution is 0.950. The molecule has 0 atom stereocenters. The van der Waals surface area contributed by atoms with Crippen molar-refractivity contribution in [2.75, 3.05) is 11.9 Å². The number of nitrogens with one attached hydrogen (secondary N) is 1. The molecule has 0 spiro atoms. The van der Waals surface area contributed by atoms with E-state index in [1.807, 2.05) is 28.8 Å². The first kappa shape index (κ1) is 10.6. The first-order valence-corrected chi connectivity index (χ1v) is 5.71. The summed E-state index contributed by atoms with van der Waals surface area (Å²) in [6, 6.07) is 5.90. The molecule has 90 valence electrons. The Hall–Kier alpha value is -2.50. The van der Waals surface area contributed by atoms with Gasteiger partial charge in [-0.3, -0.25) is 9.38 Å². The maximum atomic E-state index is 4.27. The van der Waals surface area contributed by atoms with Crippen LogP contribution in [-0.4, -0.2) is 31.1 Å². The zero-order valence-electron chi connectivity index (χ0n) is 9.69. The van der Waals surface area contributed by atoms with Crippen LogP contribution in [0, 0.1) is 0 Å². The monoisotopic (exact) mass is 240 g/mol. The molecule has 0 aliphatic carbocycles. The first-order valence-electron chi connectivity index (χ1n) is 5.71. The van der Waals surface area contributed by atoms with Gasteiger partial charge in [0.2, 0.25) is 5.65 Å². The first-order chi connectivity index (χ1) is 8.93. The molecule has 0 fully saturated rings. The van der Waals surface area contributed by atoms with Crippen LogP contribution >= 0.6 is 0 Å². The van der Waals surface area contributed by atoms with Crippen molar-refractivity contribution in [3.05, 3.63) is 48.8 Å². The van der Waals surface area contributed by atoms with Gasteiger partial charge in [-0.25, -0.2) is 4.98 Å². The van der Waals surface area contributed by atoms with Crippen LogP contribution in [0.2, 0.25) is 0 Å². The minimum Gasteiger partial charge on any atom is -0.367 e. The lowest BCUT2D eigenvalue weighted by atomic mass is 10.3. The summed E-state index contributed by atoms with van der Waals surface area (Å²) < 4.78 is 1.83. The van der Waals surface area contributed by atoms with Gasteiger partial charge in [0.05, 0.1) is 0 Å². The standard InChI is InChI=1S/C12H12N6/c1-2-5-13-10(3-1)4-6-14-11-12-17-16-9-18(12)8-7-15-11/h1-3,5,7-9H,4,6H2,(H,14,15). The van der Waals surface area contributed by atoms with Crippen molar-refractivity contribution in [1.29, 1.82) is 0 Å². The zero-order chi connectivity index (χ0) is 12.2. The molecule has 0 aliphatic rings. The Morgan fingerprint density at radius 1 is 1.17 bits per heavy atom.